The Morgan fingerprint density at radius 2 is 1.41 bits per heavy atom. The van der Waals surface area contributed by atoms with Gasteiger partial charge in [-0.2, -0.15) is 0 Å². The lowest BCUT2D eigenvalue weighted by atomic mass is 10.1. The number of carbonyl (C=O) groups is 1. The van der Waals surface area contributed by atoms with E-state index in [1.807, 2.05) is 78.9 Å². The van der Waals surface area contributed by atoms with E-state index in [4.69, 9.17) is 9.47 Å². The molecule has 0 unspecified atom stereocenters. The quantitative estimate of drug-likeness (QED) is 0.407. The van der Waals surface area contributed by atoms with Crippen LogP contribution in [0.15, 0.2) is 78.9 Å². The fourth-order valence-electron chi connectivity index (χ4n) is 2.55. The molecule has 136 valence electrons. The highest BCUT2D eigenvalue weighted by Crippen LogP contribution is 2.16. The lowest BCUT2D eigenvalue weighted by molar-refractivity contribution is 0.0526. The second-order valence-electron chi connectivity index (χ2n) is 6.02. The van der Waals surface area contributed by atoms with Gasteiger partial charge in [0.1, 0.15) is 12.4 Å². The highest BCUT2D eigenvalue weighted by molar-refractivity contribution is 5.89. The zero-order valence-corrected chi connectivity index (χ0v) is 15.3. The van der Waals surface area contributed by atoms with Crippen LogP contribution in [0.25, 0.3) is 12.2 Å². The fourth-order valence-corrected chi connectivity index (χ4v) is 2.55. The van der Waals surface area contributed by atoms with Crippen LogP contribution in [0.1, 0.15) is 34.0 Å². The van der Waals surface area contributed by atoms with Crippen molar-refractivity contribution in [2.24, 2.45) is 0 Å². The Bertz CT molecular complexity index is 879. The summed E-state index contributed by atoms with van der Waals surface area (Å²) in [4.78, 5) is 11.7. The Morgan fingerprint density at radius 1 is 0.815 bits per heavy atom. The van der Waals surface area contributed by atoms with Crippen molar-refractivity contribution in [3.05, 3.63) is 101 Å². The monoisotopic (exact) mass is 358 g/mol. The van der Waals surface area contributed by atoms with Crippen LogP contribution in [0.2, 0.25) is 0 Å². The van der Waals surface area contributed by atoms with E-state index in [9.17, 15) is 4.79 Å². The van der Waals surface area contributed by atoms with E-state index in [1.54, 1.807) is 19.1 Å². The molecule has 0 spiro atoms. The van der Waals surface area contributed by atoms with E-state index in [-0.39, 0.29) is 5.97 Å². The van der Waals surface area contributed by atoms with Gasteiger partial charge >= 0.3 is 5.97 Å². The van der Waals surface area contributed by atoms with Crippen LogP contribution < -0.4 is 4.74 Å². The average molecular weight is 358 g/mol. The highest BCUT2D eigenvalue weighted by atomic mass is 16.5. The summed E-state index contributed by atoms with van der Waals surface area (Å²) < 4.78 is 10.8. The first kappa shape index (κ1) is 18.5. The maximum Gasteiger partial charge on any atom is 0.338 e. The van der Waals surface area contributed by atoms with Crippen molar-refractivity contribution in [3.8, 4) is 5.75 Å². The molecule has 3 nitrogen and oxygen atoms in total. The second kappa shape index (κ2) is 9.39. The van der Waals surface area contributed by atoms with Crippen molar-refractivity contribution < 1.29 is 14.3 Å². The lowest BCUT2D eigenvalue weighted by Gasteiger charge is -2.06. The van der Waals surface area contributed by atoms with Crippen LogP contribution in [-0.4, -0.2) is 12.6 Å². The van der Waals surface area contributed by atoms with Gasteiger partial charge in [0.2, 0.25) is 0 Å². The molecule has 0 aliphatic heterocycles. The van der Waals surface area contributed by atoms with Crippen LogP contribution in [0.5, 0.6) is 5.75 Å². The van der Waals surface area contributed by atoms with E-state index in [0.29, 0.717) is 18.8 Å². The maximum absolute atomic E-state index is 11.7. The summed E-state index contributed by atoms with van der Waals surface area (Å²) in [7, 11) is 0. The van der Waals surface area contributed by atoms with Crippen LogP contribution in [0.3, 0.4) is 0 Å². The van der Waals surface area contributed by atoms with Gasteiger partial charge in [0.15, 0.2) is 0 Å². The van der Waals surface area contributed by atoms with E-state index in [2.05, 4.69) is 0 Å². The molecule has 0 saturated carbocycles. The first-order valence-electron chi connectivity index (χ1n) is 8.96. The fraction of sp³-hybridized carbons (Fsp3) is 0.125. The smallest absolute Gasteiger partial charge is 0.338 e. The van der Waals surface area contributed by atoms with Crippen molar-refractivity contribution in [3.63, 3.8) is 0 Å². The third kappa shape index (κ3) is 5.58. The molecule has 3 aromatic carbocycles. The van der Waals surface area contributed by atoms with Crippen molar-refractivity contribution in [1.82, 2.24) is 0 Å². The van der Waals surface area contributed by atoms with Crippen LogP contribution in [-0.2, 0) is 11.3 Å². The van der Waals surface area contributed by atoms with Gasteiger partial charge in [-0.15, -0.1) is 0 Å². The number of rotatable bonds is 7. The molecule has 3 heteroatoms. The number of esters is 1. The van der Waals surface area contributed by atoms with Crippen LogP contribution >= 0.6 is 0 Å². The Kier molecular flexibility index (Phi) is 6.42. The molecule has 0 bridgehead atoms. The molecule has 0 aliphatic rings. The third-order valence-corrected chi connectivity index (χ3v) is 4.02. The Morgan fingerprint density at radius 3 is 2.00 bits per heavy atom. The molecule has 27 heavy (non-hydrogen) atoms. The van der Waals surface area contributed by atoms with Crippen molar-refractivity contribution in [1.29, 1.82) is 0 Å². The first-order valence-corrected chi connectivity index (χ1v) is 8.96. The molecule has 0 saturated heterocycles. The van der Waals surface area contributed by atoms with Gasteiger partial charge in [-0.1, -0.05) is 66.7 Å². The van der Waals surface area contributed by atoms with Gasteiger partial charge in [0.25, 0.3) is 0 Å². The molecule has 3 rings (SSSR count). The van der Waals surface area contributed by atoms with Gasteiger partial charge in [-0.3, -0.25) is 0 Å². The summed E-state index contributed by atoms with van der Waals surface area (Å²) in [5.74, 6) is 0.550. The number of hydrogen-bond donors (Lipinski definition) is 0. The standard InChI is InChI=1S/C24H22O3/c1-2-26-24(25)22-14-10-19(11-15-22)8-9-20-12-16-23(17-13-20)27-18-21-6-4-3-5-7-21/h3-17H,2,18H2,1H3/b9-8+. The molecule has 0 aromatic heterocycles. The van der Waals surface area contributed by atoms with E-state index in [0.717, 1.165) is 22.4 Å². The molecule has 0 atom stereocenters. The molecular formula is C24H22O3. The van der Waals surface area contributed by atoms with E-state index < -0.39 is 0 Å². The molecule has 0 N–H and O–H groups in total. The molecule has 3 aromatic rings. The van der Waals surface area contributed by atoms with Crippen molar-refractivity contribution in [2.45, 2.75) is 13.5 Å². The van der Waals surface area contributed by atoms with Crippen molar-refractivity contribution >= 4 is 18.1 Å². The molecule has 0 aliphatic carbocycles. The van der Waals surface area contributed by atoms with Gasteiger partial charge in [0.05, 0.1) is 12.2 Å². The number of benzene rings is 3. The predicted molar refractivity (Wildman–Crippen MR) is 109 cm³/mol. The van der Waals surface area contributed by atoms with Crippen LogP contribution in [0, 0.1) is 0 Å². The van der Waals surface area contributed by atoms with Gasteiger partial charge in [0, 0.05) is 0 Å². The largest absolute Gasteiger partial charge is 0.489 e. The molecule has 0 radical (unpaired) electrons. The zero-order valence-electron chi connectivity index (χ0n) is 15.3. The Hall–Kier alpha value is -3.33. The summed E-state index contributed by atoms with van der Waals surface area (Å²) in [5.41, 5.74) is 3.81. The van der Waals surface area contributed by atoms with E-state index >= 15 is 0 Å². The predicted octanol–water partition coefficient (Wildman–Crippen LogP) is 5.61. The molecule has 0 amide bonds. The second-order valence-corrected chi connectivity index (χ2v) is 6.02. The third-order valence-electron chi connectivity index (χ3n) is 4.02. The minimum absolute atomic E-state index is 0.292. The van der Waals surface area contributed by atoms with Crippen molar-refractivity contribution in [2.75, 3.05) is 6.61 Å². The SMILES string of the molecule is CCOC(=O)c1ccc(/C=C/c2ccc(OCc3ccccc3)cc2)cc1. The summed E-state index contributed by atoms with van der Waals surface area (Å²) in [6.45, 7) is 2.74. The lowest BCUT2D eigenvalue weighted by Crippen LogP contribution is -2.03. The Balaban J connectivity index is 1.56. The summed E-state index contributed by atoms with van der Waals surface area (Å²) >= 11 is 0. The normalized spacial score (nSPS) is 10.7. The number of hydrogen-bond acceptors (Lipinski definition) is 3. The minimum Gasteiger partial charge on any atom is -0.489 e. The average Bonchev–Trinajstić information content (AvgIpc) is 2.73. The maximum atomic E-state index is 11.7. The number of ether oxygens (including phenoxy) is 2. The topological polar surface area (TPSA) is 35.5 Å². The molecule has 0 fully saturated rings. The van der Waals surface area contributed by atoms with E-state index in [1.165, 1.54) is 0 Å². The van der Waals surface area contributed by atoms with Gasteiger partial charge in [-0.25, -0.2) is 4.79 Å². The number of carbonyl (C=O) groups excluding carboxylic acids is 1. The molecule has 0 heterocycles. The minimum atomic E-state index is -0.292. The highest BCUT2D eigenvalue weighted by Gasteiger charge is 2.04. The van der Waals surface area contributed by atoms with Gasteiger partial charge < -0.3 is 9.47 Å². The zero-order chi connectivity index (χ0) is 18.9. The molecular weight excluding hydrogens is 336 g/mol. The summed E-state index contributed by atoms with van der Waals surface area (Å²) in [5, 5.41) is 0. The van der Waals surface area contributed by atoms with Crippen LogP contribution in [0.4, 0.5) is 0 Å². The first-order chi connectivity index (χ1) is 13.2. The summed E-state index contributed by atoms with van der Waals surface area (Å²) in [6.07, 6.45) is 4.04. The Labute approximate surface area is 159 Å². The van der Waals surface area contributed by atoms with Gasteiger partial charge in [-0.05, 0) is 47.9 Å². The summed E-state index contributed by atoms with van der Waals surface area (Å²) in [6, 6.07) is 25.4.